The molecule has 1 heteroatoms. The molecule has 0 unspecified atom stereocenters. The van der Waals surface area contributed by atoms with E-state index < -0.39 is 0 Å². The molecule has 8 aromatic carbocycles. The summed E-state index contributed by atoms with van der Waals surface area (Å²) in [5, 5.41) is 7.25. The molecule has 0 fully saturated rings. The third kappa shape index (κ3) is 3.79. The molecular weight excluding hydrogens is 581 g/mol. The number of furan rings is 1. The lowest BCUT2D eigenvalue weighted by Crippen LogP contribution is -2.14. The number of hydrogen-bond acceptors (Lipinski definition) is 1. The molecule has 9 aromatic rings. The van der Waals surface area contributed by atoms with Crippen molar-refractivity contribution in [2.24, 2.45) is 0 Å². The van der Waals surface area contributed by atoms with E-state index in [1.807, 2.05) is 0 Å². The highest BCUT2D eigenvalue weighted by Crippen LogP contribution is 2.52. The molecule has 0 saturated carbocycles. The summed E-state index contributed by atoms with van der Waals surface area (Å²) in [5.41, 5.74) is 14.4. The van der Waals surface area contributed by atoms with Crippen molar-refractivity contribution in [3.63, 3.8) is 0 Å². The molecule has 0 bridgehead atoms. The highest BCUT2D eigenvalue weighted by atomic mass is 16.3. The molecule has 226 valence electrons. The summed E-state index contributed by atoms with van der Waals surface area (Å²) >= 11 is 0. The van der Waals surface area contributed by atoms with Gasteiger partial charge in [-0.2, -0.15) is 0 Å². The van der Waals surface area contributed by atoms with Crippen molar-refractivity contribution >= 4 is 43.5 Å². The van der Waals surface area contributed by atoms with Gasteiger partial charge < -0.3 is 4.42 Å². The van der Waals surface area contributed by atoms with Gasteiger partial charge in [0.25, 0.3) is 0 Å². The van der Waals surface area contributed by atoms with Gasteiger partial charge in [-0.1, -0.05) is 159 Å². The molecule has 10 rings (SSSR count). The van der Waals surface area contributed by atoms with Crippen molar-refractivity contribution in [3.05, 3.63) is 169 Å². The number of benzene rings is 8. The van der Waals surface area contributed by atoms with Gasteiger partial charge in [0.15, 0.2) is 0 Å². The minimum Gasteiger partial charge on any atom is -0.455 e. The second kappa shape index (κ2) is 10.0. The zero-order chi connectivity index (χ0) is 32.0. The van der Waals surface area contributed by atoms with Crippen LogP contribution in [0.3, 0.4) is 0 Å². The van der Waals surface area contributed by atoms with Crippen LogP contribution in [0.1, 0.15) is 25.0 Å². The molecule has 0 N–H and O–H groups in total. The van der Waals surface area contributed by atoms with E-state index in [-0.39, 0.29) is 5.41 Å². The Morgan fingerprint density at radius 3 is 1.83 bits per heavy atom. The number of rotatable bonds is 3. The van der Waals surface area contributed by atoms with Gasteiger partial charge in [-0.3, -0.25) is 0 Å². The van der Waals surface area contributed by atoms with Gasteiger partial charge in [0.05, 0.1) is 0 Å². The molecule has 1 nitrogen and oxygen atoms in total. The number of fused-ring (bicyclic) bond motifs is 8. The van der Waals surface area contributed by atoms with Crippen LogP contribution in [-0.4, -0.2) is 0 Å². The zero-order valence-electron chi connectivity index (χ0n) is 26.9. The average Bonchev–Trinajstić information content (AvgIpc) is 3.62. The Morgan fingerprint density at radius 2 is 1.00 bits per heavy atom. The summed E-state index contributed by atoms with van der Waals surface area (Å²) in [5.74, 6) is 0. The minimum absolute atomic E-state index is 0.0355. The third-order valence-corrected chi connectivity index (χ3v) is 10.7. The molecule has 1 aliphatic rings. The SMILES string of the molecule is CC1(C)c2ccccc2-c2cc(-c3c4ccccc4c(-c4ccc(-c5cccc6ccccc56)cc4)c4oc5ccccc5c34)ccc21. The topological polar surface area (TPSA) is 13.1 Å². The fourth-order valence-electron chi connectivity index (χ4n) is 8.40. The molecule has 1 aliphatic carbocycles. The largest absolute Gasteiger partial charge is 0.455 e. The maximum Gasteiger partial charge on any atom is 0.144 e. The third-order valence-electron chi connectivity index (χ3n) is 10.7. The predicted octanol–water partition coefficient (Wildman–Crippen LogP) is 13.2. The van der Waals surface area contributed by atoms with Crippen LogP contribution in [0.5, 0.6) is 0 Å². The normalized spacial score (nSPS) is 13.4. The first-order valence-corrected chi connectivity index (χ1v) is 16.8. The molecule has 0 spiro atoms. The Labute approximate surface area is 279 Å². The molecule has 0 amide bonds. The average molecular weight is 613 g/mol. The lowest BCUT2D eigenvalue weighted by Gasteiger charge is -2.21. The van der Waals surface area contributed by atoms with Crippen molar-refractivity contribution in [1.29, 1.82) is 0 Å². The molecule has 0 atom stereocenters. The van der Waals surface area contributed by atoms with Crippen LogP contribution >= 0.6 is 0 Å². The first-order valence-electron chi connectivity index (χ1n) is 16.8. The van der Waals surface area contributed by atoms with Crippen molar-refractivity contribution in [2.45, 2.75) is 19.3 Å². The summed E-state index contributed by atoms with van der Waals surface area (Å²) in [7, 11) is 0. The van der Waals surface area contributed by atoms with Crippen molar-refractivity contribution in [3.8, 4) is 44.5 Å². The monoisotopic (exact) mass is 612 g/mol. The first-order chi connectivity index (χ1) is 23.6. The smallest absolute Gasteiger partial charge is 0.144 e. The molecular formula is C47H32O. The molecule has 1 heterocycles. The quantitative estimate of drug-likeness (QED) is 0.193. The van der Waals surface area contributed by atoms with Gasteiger partial charge in [0.1, 0.15) is 11.2 Å². The van der Waals surface area contributed by atoms with Crippen LogP contribution in [0, 0.1) is 0 Å². The molecule has 0 saturated heterocycles. The first kappa shape index (κ1) is 27.2. The Kier molecular flexibility index (Phi) is 5.69. The minimum atomic E-state index is -0.0355. The van der Waals surface area contributed by atoms with E-state index in [4.69, 9.17) is 4.42 Å². The molecule has 1 aromatic heterocycles. The van der Waals surface area contributed by atoms with Crippen LogP contribution in [-0.2, 0) is 5.41 Å². The van der Waals surface area contributed by atoms with Gasteiger partial charge in [0.2, 0.25) is 0 Å². The van der Waals surface area contributed by atoms with Crippen molar-refractivity contribution in [2.75, 3.05) is 0 Å². The van der Waals surface area contributed by atoms with Crippen LogP contribution in [0.25, 0.3) is 88.0 Å². The molecule has 48 heavy (non-hydrogen) atoms. The van der Waals surface area contributed by atoms with E-state index in [9.17, 15) is 0 Å². The van der Waals surface area contributed by atoms with E-state index in [1.165, 1.54) is 71.4 Å². The van der Waals surface area contributed by atoms with Crippen LogP contribution in [0.15, 0.2) is 162 Å². The van der Waals surface area contributed by atoms with E-state index in [1.54, 1.807) is 0 Å². The lowest BCUT2D eigenvalue weighted by molar-refractivity contribution is 0.660. The lowest BCUT2D eigenvalue weighted by atomic mass is 9.81. The summed E-state index contributed by atoms with van der Waals surface area (Å²) in [6, 6.07) is 57.5. The fourth-order valence-corrected chi connectivity index (χ4v) is 8.40. The van der Waals surface area contributed by atoms with Crippen molar-refractivity contribution < 1.29 is 4.42 Å². The standard InChI is InChI=1S/C47H32O/c1-47(2)40-20-9-7-15-35(40)39-28-32(26-27-41(39)47)43-36-16-5-6-17-37(36)44(46-45(43)38-18-8-10-21-42(38)48-46)31-24-22-30(23-25-31)34-19-11-13-29-12-3-4-14-33(29)34/h3-28H,1-2H3. The van der Waals surface area contributed by atoms with E-state index in [2.05, 4.69) is 172 Å². The highest BCUT2D eigenvalue weighted by Gasteiger charge is 2.35. The van der Waals surface area contributed by atoms with E-state index >= 15 is 0 Å². The summed E-state index contributed by atoms with van der Waals surface area (Å²) in [4.78, 5) is 0. The Hall–Kier alpha value is -5.92. The van der Waals surface area contributed by atoms with E-state index in [0.29, 0.717) is 0 Å². The van der Waals surface area contributed by atoms with E-state index in [0.717, 1.165) is 27.7 Å². The highest BCUT2D eigenvalue weighted by molar-refractivity contribution is 6.26. The Morgan fingerprint density at radius 1 is 0.417 bits per heavy atom. The summed E-state index contributed by atoms with van der Waals surface area (Å²) in [6.07, 6.45) is 0. The molecule has 0 aliphatic heterocycles. The maximum atomic E-state index is 6.86. The maximum absolute atomic E-state index is 6.86. The van der Waals surface area contributed by atoms with Gasteiger partial charge >= 0.3 is 0 Å². The zero-order valence-corrected chi connectivity index (χ0v) is 26.9. The molecule has 0 radical (unpaired) electrons. The van der Waals surface area contributed by atoms with Gasteiger partial charge in [-0.05, 0) is 78.2 Å². The number of para-hydroxylation sites is 1. The second-order valence-corrected chi connectivity index (χ2v) is 13.6. The van der Waals surface area contributed by atoms with Gasteiger partial charge in [0, 0.05) is 27.3 Å². The van der Waals surface area contributed by atoms with Crippen LogP contribution < -0.4 is 0 Å². The predicted molar refractivity (Wildman–Crippen MR) is 203 cm³/mol. The van der Waals surface area contributed by atoms with Crippen LogP contribution in [0.4, 0.5) is 0 Å². The Bertz CT molecular complexity index is 2730. The summed E-state index contributed by atoms with van der Waals surface area (Å²) in [6.45, 7) is 4.68. The van der Waals surface area contributed by atoms with Crippen molar-refractivity contribution in [1.82, 2.24) is 0 Å². The second-order valence-electron chi connectivity index (χ2n) is 13.6. The Balaban J connectivity index is 1.24. The van der Waals surface area contributed by atoms with Gasteiger partial charge in [-0.15, -0.1) is 0 Å². The fraction of sp³-hybridized carbons (Fsp3) is 0.0638. The van der Waals surface area contributed by atoms with Crippen LogP contribution in [0.2, 0.25) is 0 Å². The number of hydrogen-bond donors (Lipinski definition) is 0. The summed E-state index contributed by atoms with van der Waals surface area (Å²) < 4.78 is 6.86. The van der Waals surface area contributed by atoms with Gasteiger partial charge in [-0.25, -0.2) is 0 Å².